The molecule has 0 spiro atoms. The summed E-state index contributed by atoms with van der Waals surface area (Å²) in [5.74, 6) is -1.68. The first kappa shape index (κ1) is 25.6. The lowest BCUT2D eigenvalue weighted by Crippen LogP contribution is -2.47. The van der Waals surface area contributed by atoms with E-state index in [9.17, 15) is 18.7 Å². The highest BCUT2D eigenvalue weighted by Crippen LogP contribution is 2.51. The van der Waals surface area contributed by atoms with Gasteiger partial charge in [0.15, 0.2) is 0 Å². The predicted octanol–water partition coefficient (Wildman–Crippen LogP) is 3.25. The Morgan fingerprint density at radius 2 is 2.08 bits per heavy atom. The Morgan fingerprint density at radius 3 is 2.75 bits per heavy atom. The second-order valence-electron chi connectivity index (χ2n) is 8.55. The number of nitrogens with one attached hydrogen (secondary N) is 2. The molecule has 3 N–H and O–H groups in total. The number of hydrogen-bond acceptors (Lipinski definition) is 6. The average Bonchev–Trinajstić information content (AvgIpc) is 3.67. The van der Waals surface area contributed by atoms with Crippen molar-refractivity contribution in [3.63, 3.8) is 0 Å². The lowest BCUT2D eigenvalue weighted by atomic mass is 9.99. The summed E-state index contributed by atoms with van der Waals surface area (Å²) in [6.07, 6.45) is 2.85. The SMILES string of the molecule is CNC(=NC#N)NCCCC1(c2ccccc2)SC(c2cc(F)ccc2F)=NN1C(=O)C(O)C1CC1. The van der Waals surface area contributed by atoms with Gasteiger partial charge in [-0.15, -0.1) is 4.99 Å². The van der Waals surface area contributed by atoms with E-state index in [-0.39, 0.29) is 16.5 Å². The van der Waals surface area contributed by atoms with Crippen molar-refractivity contribution in [2.24, 2.45) is 16.0 Å². The highest BCUT2D eigenvalue weighted by atomic mass is 32.2. The summed E-state index contributed by atoms with van der Waals surface area (Å²) in [7, 11) is 1.63. The van der Waals surface area contributed by atoms with E-state index in [1.165, 1.54) is 5.01 Å². The molecule has 8 nitrogen and oxygen atoms in total. The van der Waals surface area contributed by atoms with E-state index in [1.54, 1.807) is 13.2 Å². The number of amides is 1. The fourth-order valence-electron chi connectivity index (χ4n) is 4.08. The molecule has 1 saturated carbocycles. The number of halogens is 2. The first-order valence-electron chi connectivity index (χ1n) is 11.6. The Balaban J connectivity index is 1.71. The summed E-state index contributed by atoms with van der Waals surface area (Å²) in [6, 6.07) is 12.3. The number of hydrazone groups is 1. The van der Waals surface area contributed by atoms with Gasteiger partial charge in [0.25, 0.3) is 5.91 Å². The molecule has 4 rings (SSSR count). The molecule has 188 valence electrons. The van der Waals surface area contributed by atoms with Gasteiger partial charge in [-0.05, 0) is 55.4 Å². The molecule has 2 aliphatic rings. The lowest BCUT2D eigenvalue weighted by Gasteiger charge is -2.37. The van der Waals surface area contributed by atoms with Crippen LogP contribution in [0.4, 0.5) is 8.78 Å². The van der Waals surface area contributed by atoms with E-state index in [2.05, 4.69) is 20.7 Å². The van der Waals surface area contributed by atoms with Crippen LogP contribution in [-0.2, 0) is 9.67 Å². The minimum absolute atomic E-state index is 0.0479. The first-order valence-corrected chi connectivity index (χ1v) is 12.4. The highest BCUT2D eigenvalue weighted by Gasteiger charge is 2.51. The Morgan fingerprint density at radius 1 is 1.33 bits per heavy atom. The number of hydrogen-bond donors (Lipinski definition) is 3. The van der Waals surface area contributed by atoms with Gasteiger partial charge in [-0.3, -0.25) is 4.79 Å². The van der Waals surface area contributed by atoms with Gasteiger partial charge in [0, 0.05) is 19.2 Å². The molecule has 0 saturated heterocycles. The summed E-state index contributed by atoms with van der Waals surface area (Å²) in [5.41, 5.74) is 0.690. The molecule has 1 heterocycles. The van der Waals surface area contributed by atoms with Crippen molar-refractivity contribution >= 4 is 28.7 Å². The Kier molecular flexibility index (Phi) is 7.86. The van der Waals surface area contributed by atoms with Crippen molar-refractivity contribution in [1.29, 1.82) is 5.26 Å². The van der Waals surface area contributed by atoms with Crippen molar-refractivity contribution in [3.05, 3.63) is 71.3 Å². The monoisotopic (exact) mass is 512 g/mol. The highest BCUT2D eigenvalue weighted by molar-refractivity contribution is 8.15. The summed E-state index contributed by atoms with van der Waals surface area (Å²) in [6.45, 7) is 0.410. The van der Waals surface area contributed by atoms with E-state index in [0.717, 1.165) is 48.4 Å². The number of rotatable bonds is 8. The molecule has 0 aromatic heterocycles. The van der Waals surface area contributed by atoms with Gasteiger partial charge in [0.2, 0.25) is 12.2 Å². The molecule has 11 heteroatoms. The van der Waals surface area contributed by atoms with E-state index >= 15 is 0 Å². The van der Waals surface area contributed by atoms with Crippen LogP contribution in [0, 0.1) is 29.0 Å². The van der Waals surface area contributed by atoms with Crippen molar-refractivity contribution in [2.45, 2.75) is 36.7 Å². The van der Waals surface area contributed by atoms with Crippen LogP contribution in [0.25, 0.3) is 0 Å². The fourth-order valence-corrected chi connectivity index (χ4v) is 5.51. The van der Waals surface area contributed by atoms with Gasteiger partial charge in [-0.2, -0.15) is 10.4 Å². The largest absolute Gasteiger partial charge is 0.383 e. The molecule has 2 aromatic carbocycles. The number of guanidine groups is 1. The molecule has 1 amide bonds. The number of benzene rings is 2. The number of nitriles is 1. The normalized spacial score (nSPS) is 20.5. The molecule has 2 aromatic rings. The molecule has 1 fully saturated rings. The quantitative estimate of drug-likeness (QED) is 0.217. The molecule has 0 radical (unpaired) electrons. The summed E-state index contributed by atoms with van der Waals surface area (Å²) in [5, 5.41) is 31.2. The van der Waals surface area contributed by atoms with Gasteiger partial charge in [-0.25, -0.2) is 13.8 Å². The van der Waals surface area contributed by atoms with E-state index in [0.29, 0.717) is 25.3 Å². The first-order chi connectivity index (χ1) is 17.4. The van der Waals surface area contributed by atoms with Gasteiger partial charge >= 0.3 is 0 Å². The van der Waals surface area contributed by atoms with Crippen LogP contribution in [0.15, 0.2) is 58.6 Å². The number of carbonyl (C=O) groups is 1. The fraction of sp³-hybridized carbons (Fsp3) is 0.360. The van der Waals surface area contributed by atoms with Crippen LogP contribution >= 0.6 is 11.8 Å². The summed E-state index contributed by atoms with van der Waals surface area (Å²) in [4.78, 5) is 16.1. The summed E-state index contributed by atoms with van der Waals surface area (Å²) >= 11 is 1.16. The van der Waals surface area contributed by atoms with Gasteiger partial charge < -0.3 is 15.7 Å². The second-order valence-corrected chi connectivity index (χ2v) is 9.82. The maximum atomic E-state index is 14.7. The van der Waals surface area contributed by atoms with Crippen LogP contribution in [-0.4, -0.2) is 46.7 Å². The van der Waals surface area contributed by atoms with E-state index < -0.39 is 28.5 Å². The van der Waals surface area contributed by atoms with Crippen molar-refractivity contribution in [2.75, 3.05) is 13.6 Å². The van der Waals surface area contributed by atoms with Crippen LogP contribution < -0.4 is 10.6 Å². The van der Waals surface area contributed by atoms with Crippen molar-refractivity contribution < 1.29 is 18.7 Å². The van der Waals surface area contributed by atoms with Crippen molar-refractivity contribution in [1.82, 2.24) is 15.6 Å². The molecule has 0 bridgehead atoms. The van der Waals surface area contributed by atoms with E-state index in [4.69, 9.17) is 5.26 Å². The average molecular weight is 513 g/mol. The van der Waals surface area contributed by atoms with Crippen molar-refractivity contribution in [3.8, 4) is 6.19 Å². The number of thioether (sulfide) groups is 1. The molecule has 1 aliphatic carbocycles. The number of aliphatic hydroxyl groups is 1. The third-order valence-electron chi connectivity index (χ3n) is 6.10. The van der Waals surface area contributed by atoms with E-state index in [1.807, 2.05) is 30.3 Å². The third-order valence-corrected chi connectivity index (χ3v) is 7.54. The number of aliphatic imine (C=N–C) groups is 1. The van der Waals surface area contributed by atoms with Crippen LogP contribution in [0.2, 0.25) is 0 Å². The maximum Gasteiger partial charge on any atom is 0.273 e. The third kappa shape index (κ3) is 5.34. The number of aliphatic hydroxyl groups excluding tert-OH is 1. The number of nitrogens with zero attached hydrogens (tertiary/aromatic N) is 4. The zero-order chi connectivity index (χ0) is 25.7. The zero-order valence-corrected chi connectivity index (χ0v) is 20.4. The Bertz CT molecular complexity index is 1210. The number of carbonyl (C=O) groups excluding carboxylic acids is 1. The topological polar surface area (TPSA) is 113 Å². The molecule has 1 aliphatic heterocycles. The summed E-state index contributed by atoms with van der Waals surface area (Å²) < 4.78 is 28.8. The Labute approximate surface area is 212 Å². The molecular weight excluding hydrogens is 486 g/mol. The standard InChI is InChI=1S/C25H26F2N6O2S/c1-29-24(31-15-28)30-13-5-12-25(17-6-3-2-4-7-17)33(23(35)21(34)16-8-9-16)32-22(36-25)19-14-18(26)10-11-20(19)27/h2-4,6-7,10-11,14,16,21,34H,5,8-9,12-13H2,1H3,(H2,29,30,31). The molecule has 2 atom stereocenters. The minimum atomic E-state index is -1.23. The lowest BCUT2D eigenvalue weighted by molar-refractivity contribution is -0.145. The van der Waals surface area contributed by atoms with Gasteiger partial charge in [0.1, 0.15) is 27.7 Å². The molecule has 36 heavy (non-hydrogen) atoms. The Hall–Kier alpha value is -3.49. The zero-order valence-electron chi connectivity index (χ0n) is 19.6. The maximum absolute atomic E-state index is 14.7. The van der Waals surface area contributed by atoms with Crippen LogP contribution in [0.5, 0.6) is 0 Å². The molecular formula is C25H26F2N6O2S. The van der Waals surface area contributed by atoms with Crippen LogP contribution in [0.3, 0.4) is 0 Å². The smallest absolute Gasteiger partial charge is 0.273 e. The van der Waals surface area contributed by atoms with Gasteiger partial charge in [0.05, 0.1) is 0 Å². The molecule has 2 unspecified atom stereocenters. The predicted molar refractivity (Wildman–Crippen MR) is 134 cm³/mol. The second kappa shape index (κ2) is 11.1. The van der Waals surface area contributed by atoms with Gasteiger partial charge in [-0.1, -0.05) is 42.1 Å². The van der Waals surface area contributed by atoms with Crippen LogP contribution in [0.1, 0.15) is 36.8 Å². The minimum Gasteiger partial charge on any atom is -0.383 e.